The molecule has 0 saturated carbocycles. The van der Waals surface area contributed by atoms with Crippen molar-refractivity contribution in [3.63, 3.8) is 0 Å². The SMILES string of the molecule is CC(=O)CC/C=C/CC(C)C. The Morgan fingerprint density at radius 2 is 2.00 bits per heavy atom. The number of carbonyl (C=O) groups excluding carboxylic acids is 1. The second-order valence-corrected chi connectivity index (χ2v) is 3.34. The van der Waals surface area contributed by atoms with Crippen molar-refractivity contribution in [2.45, 2.75) is 40.0 Å². The summed E-state index contributed by atoms with van der Waals surface area (Å²) in [4.78, 5) is 10.5. The fraction of sp³-hybridized carbons (Fsp3) is 0.700. The summed E-state index contributed by atoms with van der Waals surface area (Å²) in [6, 6.07) is 0. The Kier molecular flexibility index (Phi) is 5.81. The maximum absolute atomic E-state index is 10.5. The number of allylic oxidation sites excluding steroid dienone is 2. The van der Waals surface area contributed by atoms with Gasteiger partial charge in [0.2, 0.25) is 0 Å². The molecule has 0 unspecified atom stereocenters. The molecule has 0 atom stereocenters. The van der Waals surface area contributed by atoms with Crippen molar-refractivity contribution < 1.29 is 4.79 Å². The molecule has 0 spiro atoms. The van der Waals surface area contributed by atoms with E-state index in [1.54, 1.807) is 6.92 Å². The largest absolute Gasteiger partial charge is 0.300 e. The van der Waals surface area contributed by atoms with Gasteiger partial charge in [0, 0.05) is 6.42 Å². The molecule has 0 aromatic heterocycles. The highest BCUT2D eigenvalue weighted by atomic mass is 16.1. The third-order valence-electron chi connectivity index (χ3n) is 1.44. The first-order valence-corrected chi connectivity index (χ1v) is 4.27. The van der Waals surface area contributed by atoms with E-state index in [-0.39, 0.29) is 5.78 Å². The summed E-state index contributed by atoms with van der Waals surface area (Å²) in [6.45, 7) is 6.01. The van der Waals surface area contributed by atoms with E-state index in [0.29, 0.717) is 6.42 Å². The molecule has 0 radical (unpaired) electrons. The number of rotatable bonds is 5. The third-order valence-corrected chi connectivity index (χ3v) is 1.44. The molecule has 0 bridgehead atoms. The Morgan fingerprint density at radius 1 is 1.36 bits per heavy atom. The summed E-state index contributed by atoms with van der Waals surface area (Å²) < 4.78 is 0. The molecule has 0 aromatic rings. The Morgan fingerprint density at radius 3 is 2.45 bits per heavy atom. The second-order valence-electron chi connectivity index (χ2n) is 3.34. The smallest absolute Gasteiger partial charge is 0.130 e. The van der Waals surface area contributed by atoms with Crippen molar-refractivity contribution in [1.82, 2.24) is 0 Å². The van der Waals surface area contributed by atoms with E-state index in [1.165, 1.54) is 0 Å². The van der Waals surface area contributed by atoms with Crippen LogP contribution in [0.4, 0.5) is 0 Å². The van der Waals surface area contributed by atoms with Gasteiger partial charge in [0.15, 0.2) is 0 Å². The van der Waals surface area contributed by atoms with Crippen LogP contribution in [0.2, 0.25) is 0 Å². The van der Waals surface area contributed by atoms with Crippen LogP contribution in [0.3, 0.4) is 0 Å². The number of Topliss-reactive ketones (excluding diaryl/α,β-unsaturated/α-hetero) is 1. The van der Waals surface area contributed by atoms with Crippen molar-refractivity contribution in [1.29, 1.82) is 0 Å². The number of hydrogen-bond donors (Lipinski definition) is 0. The quantitative estimate of drug-likeness (QED) is 0.556. The predicted octanol–water partition coefficient (Wildman–Crippen LogP) is 2.96. The molecule has 0 N–H and O–H groups in total. The average molecular weight is 154 g/mol. The fourth-order valence-corrected chi connectivity index (χ4v) is 0.773. The molecule has 0 fully saturated rings. The summed E-state index contributed by atoms with van der Waals surface area (Å²) in [6.07, 6.45) is 6.98. The van der Waals surface area contributed by atoms with E-state index in [9.17, 15) is 4.79 Å². The maximum Gasteiger partial charge on any atom is 0.130 e. The minimum atomic E-state index is 0.277. The minimum Gasteiger partial charge on any atom is -0.300 e. The van der Waals surface area contributed by atoms with Crippen LogP contribution in [-0.4, -0.2) is 5.78 Å². The molecule has 0 rings (SSSR count). The highest BCUT2D eigenvalue weighted by Crippen LogP contribution is 2.01. The topological polar surface area (TPSA) is 17.1 Å². The first kappa shape index (κ1) is 10.4. The fourth-order valence-electron chi connectivity index (χ4n) is 0.773. The van der Waals surface area contributed by atoms with Gasteiger partial charge in [-0.15, -0.1) is 0 Å². The number of hydrogen-bond acceptors (Lipinski definition) is 1. The second kappa shape index (κ2) is 6.14. The van der Waals surface area contributed by atoms with Gasteiger partial charge in [-0.3, -0.25) is 0 Å². The molecule has 0 aliphatic carbocycles. The van der Waals surface area contributed by atoms with Crippen molar-refractivity contribution in [2.75, 3.05) is 0 Å². The first-order chi connectivity index (χ1) is 5.13. The normalized spacial score (nSPS) is 11.3. The van der Waals surface area contributed by atoms with Crippen LogP contribution in [0, 0.1) is 5.92 Å². The predicted molar refractivity (Wildman–Crippen MR) is 48.5 cm³/mol. The molecule has 0 amide bonds. The maximum atomic E-state index is 10.5. The van der Waals surface area contributed by atoms with E-state index in [2.05, 4.69) is 26.0 Å². The molecule has 1 heteroatoms. The summed E-state index contributed by atoms with van der Waals surface area (Å²) in [7, 11) is 0. The van der Waals surface area contributed by atoms with Gasteiger partial charge in [-0.25, -0.2) is 0 Å². The molecule has 64 valence electrons. The minimum absolute atomic E-state index is 0.277. The van der Waals surface area contributed by atoms with Crippen LogP contribution >= 0.6 is 0 Å². The third kappa shape index (κ3) is 9.41. The Hall–Kier alpha value is -0.590. The standard InChI is InChI=1S/C10H18O/c1-9(2)7-5-4-6-8-10(3)11/h4-5,9H,6-8H2,1-3H3/b5-4+. The zero-order chi connectivity index (χ0) is 8.69. The van der Waals surface area contributed by atoms with Crippen LogP contribution in [0.15, 0.2) is 12.2 Å². The van der Waals surface area contributed by atoms with Gasteiger partial charge in [-0.2, -0.15) is 0 Å². The lowest BCUT2D eigenvalue weighted by Gasteiger charge is -1.95. The number of ketones is 1. The van der Waals surface area contributed by atoms with Gasteiger partial charge in [-0.05, 0) is 25.7 Å². The molecule has 0 aliphatic heterocycles. The molecule has 0 saturated heterocycles. The molecule has 0 heterocycles. The first-order valence-electron chi connectivity index (χ1n) is 4.27. The molecule has 11 heavy (non-hydrogen) atoms. The van der Waals surface area contributed by atoms with Gasteiger partial charge in [0.1, 0.15) is 5.78 Å². The molecular weight excluding hydrogens is 136 g/mol. The van der Waals surface area contributed by atoms with Crippen molar-refractivity contribution >= 4 is 5.78 Å². The molecule has 0 aliphatic rings. The number of carbonyl (C=O) groups is 1. The van der Waals surface area contributed by atoms with E-state index < -0.39 is 0 Å². The lowest BCUT2D eigenvalue weighted by molar-refractivity contribution is -0.116. The van der Waals surface area contributed by atoms with E-state index >= 15 is 0 Å². The summed E-state index contributed by atoms with van der Waals surface area (Å²) >= 11 is 0. The summed E-state index contributed by atoms with van der Waals surface area (Å²) in [5.41, 5.74) is 0. The van der Waals surface area contributed by atoms with Crippen molar-refractivity contribution in [2.24, 2.45) is 5.92 Å². The Balaban J connectivity index is 3.23. The Labute approximate surface area is 69.5 Å². The van der Waals surface area contributed by atoms with Gasteiger partial charge in [-0.1, -0.05) is 26.0 Å². The van der Waals surface area contributed by atoms with Crippen LogP contribution in [0.25, 0.3) is 0 Å². The summed E-state index contributed by atoms with van der Waals surface area (Å²) in [5, 5.41) is 0. The van der Waals surface area contributed by atoms with Crippen LogP contribution in [0.1, 0.15) is 40.0 Å². The zero-order valence-electron chi connectivity index (χ0n) is 7.76. The van der Waals surface area contributed by atoms with E-state index in [4.69, 9.17) is 0 Å². The van der Waals surface area contributed by atoms with E-state index in [1.807, 2.05) is 0 Å². The van der Waals surface area contributed by atoms with Crippen LogP contribution in [-0.2, 0) is 4.79 Å². The van der Waals surface area contributed by atoms with Gasteiger partial charge >= 0.3 is 0 Å². The van der Waals surface area contributed by atoms with Gasteiger partial charge < -0.3 is 4.79 Å². The zero-order valence-corrected chi connectivity index (χ0v) is 7.76. The van der Waals surface area contributed by atoms with Crippen LogP contribution < -0.4 is 0 Å². The molecular formula is C10H18O. The Bertz CT molecular complexity index is 134. The average Bonchev–Trinajstić information content (AvgIpc) is 1.85. The molecule has 0 aromatic carbocycles. The lowest BCUT2D eigenvalue weighted by atomic mass is 10.1. The monoisotopic (exact) mass is 154 g/mol. The molecule has 1 nitrogen and oxygen atoms in total. The summed E-state index contributed by atoms with van der Waals surface area (Å²) in [5.74, 6) is 1.00. The van der Waals surface area contributed by atoms with E-state index in [0.717, 1.165) is 18.8 Å². The lowest BCUT2D eigenvalue weighted by Crippen LogP contribution is -1.87. The highest BCUT2D eigenvalue weighted by molar-refractivity contribution is 5.75. The van der Waals surface area contributed by atoms with Gasteiger partial charge in [0.05, 0.1) is 0 Å². The van der Waals surface area contributed by atoms with Crippen molar-refractivity contribution in [3.8, 4) is 0 Å². The van der Waals surface area contributed by atoms with Crippen molar-refractivity contribution in [3.05, 3.63) is 12.2 Å². The van der Waals surface area contributed by atoms with Gasteiger partial charge in [0.25, 0.3) is 0 Å². The van der Waals surface area contributed by atoms with Crippen LogP contribution in [0.5, 0.6) is 0 Å². The highest BCUT2D eigenvalue weighted by Gasteiger charge is 1.89.